The number of halogens is 2. The fraction of sp³-hybridized carbons (Fsp3) is 0.480. The maximum atomic E-state index is 15.4. The molecule has 206 valence electrons. The van der Waals surface area contributed by atoms with Crippen molar-refractivity contribution in [1.82, 2.24) is 14.2 Å². The molecule has 1 saturated heterocycles. The number of nitrogens with zero attached hydrogens (tertiary/aromatic N) is 4. The quantitative estimate of drug-likeness (QED) is 0.515. The number of rotatable bonds is 8. The number of guanidine groups is 1. The Labute approximate surface area is 220 Å². The predicted molar refractivity (Wildman–Crippen MR) is 139 cm³/mol. The molecule has 4 rings (SSSR count). The number of nitrogens with two attached hydrogens (primary N) is 1. The van der Waals surface area contributed by atoms with Gasteiger partial charge in [-0.15, -0.1) is 0 Å². The van der Waals surface area contributed by atoms with Crippen LogP contribution < -0.4 is 11.1 Å². The minimum Gasteiger partial charge on any atom is -0.381 e. The summed E-state index contributed by atoms with van der Waals surface area (Å²) in [7, 11) is -2.72. The van der Waals surface area contributed by atoms with E-state index < -0.39 is 38.4 Å². The molecule has 1 aromatic carbocycles. The molecule has 3 N–H and O–H groups in total. The van der Waals surface area contributed by atoms with Gasteiger partial charge in [0, 0.05) is 38.0 Å². The highest BCUT2D eigenvalue weighted by Crippen LogP contribution is 2.40. The van der Waals surface area contributed by atoms with Crippen molar-refractivity contribution in [2.24, 2.45) is 16.6 Å². The molecule has 1 fully saturated rings. The Balaban J connectivity index is 1.71. The van der Waals surface area contributed by atoms with E-state index in [1.807, 2.05) is 11.8 Å². The van der Waals surface area contributed by atoms with Crippen LogP contribution in [0.4, 0.5) is 14.5 Å². The third-order valence-corrected chi connectivity index (χ3v) is 9.46. The molecule has 0 radical (unpaired) electrons. The van der Waals surface area contributed by atoms with E-state index in [9.17, 15) is 17.6 Å². The van der Waals surface area contributed by atoms with Crippen LogP contribution in [0.25, 0.3) is 0 Å². The minimum atomic E-state index is -4.04. The number of carbonyl (C=O) groups excluding carboxylic acids is 1. The lowest BCUT2D eigenvalue weighted by Crippen LogP contribution is -2.60. The van der Waals surface area contributed by atoms with Crippen LogP contribution in [0, 0.1) is 17.6 Å². The van der Waals surface area contributed by atoms with E-state index in [0.29, 0.717) is 26.3 Å². The standard InChI is InChI=1S/C25H32F2N6O4S/c1-4-33(13-16-9-10-37-15-16)14-22-25(2,31-24(28)32(3)38(22,35)36)19-11-18(6-7-20(19)27)30-23(34)21-8-5-17(26)12-29-21/h5-8,11-12,16,22H,4,9-10,13-15H2,1-3H3,(H2,28,31)(H,30,34)/t16?,22-,25+/m0/s1. The van der Waals surface area contributed by atoms with Crippen LogP contribution in [-0.2, 0) is 20.3 Å². The van der Waals surface area contributed by atoms with Crippen molar-refractivity contribution in [3.05, 3.63) is 59.4 Å². The lowest BCUT2D eigenvalue weighted by molar-refractivity contribution is 0.102. The van der Waals surface area contributed by atoms with Crippen LogP contribution in [0.15, 0.2) is 41.5 Å². The summed E-state index contributed by atoms with van der Waals surface area (Å²) in [6, 6.07) is 6.14. The highest BCUT2D eigenvalue weighted by atomic mass is 32.2. The Morgan fingerprint density at radius 1 is 1.29 bits per heavy atom. The number of carbonyl (C=O) groups is 1. The molecule has 38 heavy (non-hydrogen) atoms. The fourth-order valence-electron chi connectivity index (χ4n) is 4.85. The van der Waals surface area contributed by atoms with E-state index in [0.717, 1.165) is 29.1 Å². The molecule has 1 aromatic heterocycles. The number of pyridine rings is 1. The summed E-state index contributed by atoms with van der Waals surface area (Å²) in [4.78, 5) is 22.9. The van der Waals surface area contributed by atoms with Crippen molar-refractivity contribution < 1.29 is 26.7 Å². The summed E-state index contributed by atoms with van der Waals surface area (Å²) >= 11 is 0. The number of hydrogen-bond acceptors (Lipinski definition) is 8. The number of ether oxygens (including phenoxy) is 1. The van der Waals surface area contributed by atoms with Gasteiger partial charge >= 0.3 is 0 Å². The summed E-state index contributed by atoms with van der Waals surface area (Å²) < 4.78 is 62.3. The van der Waals surface area contributed by atoms with Crippen molar-refractivity contribution in [3.63, 3.8) is 0 Å². The molecular formula is C25H32F2N6O4S. The molecule has 2 aromatic rings. The first-order valence-electron chi connectivity index (χ1n) is 12.3. The average Bonchev–Trinajstić information content (AvgIpc) is 3.39. The zero-order valence-electron chi connectivity index (χ0n) is 21.5. The van der Waals surface area contributed by atoms with E-state index >= 15 is 4.39 Å². The van der Waals surface area contributed by atoms with E-state index in [4.69, 9.17) is 10.5 Å². The van der Waals surface area contributed by atoms with Gasteiger partial charge in [0.25, 0.3) is 5.91 Å². The molecule has 3 heterocycles. The maximum absolute atomic E-state index is 15.4. The van der Waals surface area contributed by atoms with Crippen LogP contribution in [0.1, 0.15) is 36.3 Å². The fourth-order valence-corrected chi connectivity index (χ4v) is 6.70. The minimum absolute atomic E-state index is 0.0350. The average molecular weight is 551 g/mol. The molecule has 1 unspecified atom stereocenters. The van der Waals surface area contributed by atoms with Gasteiger partial charge in [0.2, 0.25) is 16.0 Å². The number of nitrogens with one attached hydrogen (secondary N) is 1. The van der Waals surface area contributed by atoms with Crippen LogP contribution in [0.5, 0.6) is 0 Å². The van der Waals surface area contributed by atoms with Gasteiger partial charge < -0.3 is 20.7 Å². The lowest BCUT2D eigenvalue weighted by atomic mass is 9.87. The smallest absolute Gasteiger partial charge is 0.274 e. The summed E-state index contributed by atoms with van der Waals surface area (Å²) in [5.41, 5.74) is 4.53. The van der Waals surface area contributed by atoms with Crippen LogP contribution >= 0.6 is 0 Å². The SMILES string of the molecule is CCN(CC1CCOC1)C[C@H]1[C@@](C)(c2cc(NC(=O)c3ccc(F)cn3)ccc2F)N=C(N)N(C)S1(=O)=O. The van der Waals surface area contributed by atoms with Crippen LogP contribution in [0.2, 0.25) is 0 Å². The highest BCUT2D eigenvalue weighted by molar-refractivity contribution is 7.90. The van der Waals surface area contributed by atoms with Crippen molar-refractivity contribution in [1.29, 1.82) is 0 Å². The molecule has 2 aliphatic heterocycles. The molecule has 2 aliphatic rings. The summed E-state index contributed by atoms with van der Waals surface area (Å²) in [5, 5.41) is 1.43. The number of sulfonamides is 1. The Morgan fingerprint density at radius 3 is 2.68 bits per heavy atom. The molecule has 10 nitrogen and oxygen atoms in total. The molecule has 0 aliphatic carbocycles. The van der Waals surface area contributed by atoms with Gasteiger partial charge in [-0.1, -0.05) is 6.92 Å². The molecule has 0 spiro atoms. The molecule has 0 saturated carbocycles. The van der Waals surface area contributed by atoms with Crippen molar-refractivity contribution in [2.45, 2.75) is 31.1 Å². The Morgan fingerprint density at radius 2 is 2.05 bits per heavy atom. The Bertz CT molecular complexity index is 1320. The van der Waals surface area contributed by atoms with E-state index in [2.05, 4.69) is 15.3 Å². The predicted octanol–water partition coefficient (Wildman–Crippen LogP) is 2.14. The number of aliphatic imine (C=N–C) groups is 1. The van der Waals surface area contributed by atoms with E-state index in [1.54, 1.807) is 0 Å². The second kappa shape index (κ2) is 10.9. The van der Waals surface area contributed by atoms with Gasteiger partial charge in [-0.3, -0.25) is 4.79 Å². The molecule has 1 amide bonds. The van der Waals surface area contributed by atoms with Gasteiger partial charge in [0.15, 0.2) is 0 Å². The normalized spacial score (nSPS) is 24.9. The number of amides is 1. The lowest BCUT2D eigenvalue weighted by Gasteiger charge is -2.43. The second-order valence-corrected chi connectivity index (χ2v) is 11.9. The summed E-state index contributed by atoms with van der Waals surface area (Å²) in [6.45, 7) is 6.03. The first kappa shape index (κ1) is 27.9. The molecule has 13 heteroatoms. The number of benzene rings is 1. The first-order chi connectivity index (χ1) is 18.0. The maximum Gasteiger partial charge on any atom is 0.274 e. The summed E-state index contributed by atoms with van der Waals surface area (Å²) in [5.74, 6) is -1.92. The largest absolute Gasteiger partial charge is 0.381 e. The highest BCUT2D eigenvalue weighted by Gasteiger charge is 2.52. The van der Waals surface area contributed by atoms with Crippen LogP contribution in [0.3, 0.4) is 0 Å². The Hall–Kier alpha value is -3.16. The zero-order chi connectivity index (χ0) is 27.7. The van der Waals surface area contributed by atoms with Gasteiger partial charge in [-0.05, 0) is 56.1 Å². The molecule has 3 atom stereocenters. The zero-order valence-corrected chi connectivity index (χ0v) is 22.3. The first-order valence-corrected chi connectivity index (χ1v) is 13.8. The number of anilines is 1. The van der Waals surface area contributed by atoms with E-state index in [-0.39, 0.29) is 35.4 Å². The van der Waals surface area contributed by atoms with Crippen molar-refractivity contribution in [2.75, 3.05) is 45.2 Å². The van der Waals surface area contributed by atoms with Gasteiger partial charge in [0.1, 0.15) is 28.1 Å². The topological polar surface area (TPSA) is 130 Å². The monoisotopic (exact) mass is 550 g/mol. The van der Waals surface area contributed by atoms with Crippen molar-refractivity contribution in [3.8, 4) is 0 Å². The van der Waals surface area contributed by atoms with Gasteiger partial charge in [-0.25, -0.2) is 31.5 Å². The third-order valence-electron chi connectivity index (χ3n) is 7.18. The number of aromatic nitrogens is 1. The van der Waals surface area contributed by atoms with Gasteiger partial charge in [-0.2, -0.15) is 0 Å². The van der Waals surface area contributed by atoms with Crippen LogP contribution in [-0.4, -0.2) is 79.6 Å². The van der Waals surface area contributed by atoms with Crippen molar-refractivity contribution >= 4 is 27.6 Å². The number of hydrogen-bond donors (Lipinski definition) is 2. The van der Waals surface area contributed by atoms with Gasteiger partial charge in [0.05, 0.1) is 12.8 Å². The molecule has 0 bridgehead atoms. The Kier molecular flexibility index (Phi) is 8.00. The molecular weight excluding hydrogens is 518 g/mol. The summed E-state index contributed by atoms with van der Waals surface area (Å²) in [6.07, 6.45) is 1.80. The third kappa shape index (κ3) is 5.49. The van der Waals surface area contributed by atoms with E-state index in [1.165, 1.54) is 32.2 Å². The second-order valence-electron chi connectivity index (χ2n) is 9.71.